The zero-order valence-corrected chi connectivity index (χ0v) is 24.4. The number of allylic oxidation sites excluding steroid dienone is 1. The molecule has 0 saturated carbocycles. The number of thioether (sulfide) groups is 1. The number of aliphatic imine (C=N–C) groups is 1. The van der Waals surface area contributed by atoms with E-state index in [4.69, 9.17) is 32.7 Å². The lowest BCUT2D eigenvalue weighted by Gasteiger charge is -2.17. The predicted octanol–water partition coefficient (Wildman–Crippen LogP) is 8.20. The number of rotatable bonds is 9. The Morgan fingerprint density at radius 3 is 2.65 bits per heavy atom. The Morgan fingerprint density at radius 1 is 1.14 bits per heavy atom. The first-order chi connectivity index (χ1) is 17.9. The number of halogens is 3. The summed E-state index contributed by atoms with van der Waals surface area (Å²) < 4.78 is 13.3. The van der Waals surface area contributed by atoms with E-state index in [0.717, 1.165) is 16.7 Å². The number of amidine groups is 1. The summed E-state index contributed by atoms with van der Waals surface area (Å²) in [6.45, 7) is 6.69. The molecule has 0 aromatic heterocycles. The highest BCUT2D eigenvalue weighted by molar-refractivity contribution is 14.1. The highest BCUT2D eigenvalue weighted by Crippen LogP contribution is 2.38. The van der Waals surface area contributed by atoms with Crippen molar-refractivity contribution in [1.82, 2.24) is 5.32 Å². The van der Waals surface area contributed by atoms with Gasteiger partial charge in [-0.1, -0.05) is 47.5 Å². The summed E-state index contributed by atoms with van der Waals surface area (Å²) >= 11 is 15.8. The van der Waals surface area contributed by atoms with E-state index in [0.29, 0.717) is 56.9 Å². The molecule has 9 heteroatoms. The van der Waals surface area contributed by atoms with Crippen LogP contribution < -0.4 is 14.8 Å². The first-order valence-corrected chi connectivity index (χ1v) is 14.0. The van der Waals surface area contributed by atoms with Gasteiger partial charge in [-0.25, -0.2) is 4.99 Å². The smallest absolute Gasteiger partial charge is 0.264 e. The number of benzene rings is 3. The van der Waals surface area contributed by atoms with Crippen LogP contribution in [-0.4, -0.2) is 17.7 Å². The van der Waals surface area contributed by atoms with E-state index in [1.165, 1.54) is 15.3 Å². The van der Waals surface area contributed by atoms with Gasteiger partial charge in [0.25, 0.3) is 5.91 Å². The zero-order valence-electron chi connectivity index (χ0n) is 19.9. The molecule has 0 radical (unpaired) electrons. The molecule has 0 unspecified atom stereocenters. The molecule has 0 aliphatic carbocycles. The molecule has 37 heavy (non-hydrogen) atoms. The van der Waals surface area contributed by atoms with E-state index in [-0.39, 0.29) is 5.91 Å². The minimum atomic E-state index is -0.246. The van der Waals surface area contributed by atoms with Gasteiger partial charge in [0.1, 0.15) is 6.61 Å². The van der Waals surface area contributed by atoms with Crippen LogP contribution in [0, 0.1) is 3.57 Å². The standard InChI is InChI=1S/C28H23Cl2IN2O3S/c1-3-6-19-13-18(14-23(35-4-2)26(19)36-16-17-9-11-20(31)12-10-17)15-24-27(34)33-28(37-24)32-22-8-5-7-21(29)25(22)30/h3,5,7-15H,1,4,6,16H2,2H3,(H,32,33,34)/b24-15+. The summed E-state index contributed by atoms with van der Waals surface area (Å²) in [5.41, 5.74) is 3.27. The van der Waals surface area contributed by atoms with Gasteiger partial charge in [-0.15, -0.1) is 6.58 Å². The van der Waals surface area contributed by atoms with Crippen molar-refractivity contribution in [3.05, 3.63) is 102 Å². The van der Waals surface area contributed by atoms with Crippen LogP contribution in [0.1, 0.15) is 23.6 Å². The normalized spacial score (nSPS) is 15.2. The SMILES string of the molecule is C=CCc1cc(/C=C2/SC(=Nc3cccc(Cl)c3Cl)NC2=O)cc(OCC)c1OCc1ccc(I)cc1. The number of carbonyl (C=O) groups excluding carboxylic acids is 1. The Balaban J connectivity index is 1.63. The van der Waals surface area contributed by atoms with Crippen LogP contribution in [0.2, 0.25) is 10.0 Å². The van der Waals surface area contributed by atoms with E-state index in [1.54, 1.807) is 24.3 Å². The Labute approximate surface area is 244 Å². The van der Waals surface area contributed by atoms with Crippen LogP contribution in [0.15, 0.2) is 77.1 Å². The van der Waals surface area contributed by atoms with E-state index in [2.05, 4.69) is 39.5 Å². The molecular weight excluding hydrogens is 642 g/mol. The molecule has 1 saturated heterocycles. The summed E-state index contributed by atoms with van der Waals surface area (Å²) in [6, 6.07) is 17.2. The second kappa shape index (κ2) is 12.9. The first-order valence-electron chi connectivity index (χ1n) is 11.4. The van der Waals surface area contributed by atoms with Crippen LogP contribution >= 0.6 is 57.6 Å². The molecule has 1 heterocycles. The maximum Gasteiger partial charge on any atom is 0.264 e. The molecule has 0 spiro atoms. The van der Waals surface area contributed by atoms with Crippen molar-refractivity contribution < 1.29 is 14.3 Å². The summed E-state index contributed by atoms with van der Waals surface area (Å²) in [4.78, 5) is 17.6. The van der Waals surface area contributed by atoms with Crippen molar-refractivity contribution in [2.24, 2.45) is 4.99 Å². The lowest BCUT2D eigenvalue weighted by atomic mass is 10.0. The van der Waals surface area contributed by atoms with Crippen LogP contribution in [0.4, 0.5) is 5.69 Å². The summed E-state index contributed by atoms with van der Waals surface area (Å²) in [5.74, 6) is 1.04. The number of nitrogens with one attached hydrogen (secondary N) is 1. The molecule has 3 aromatic carbocycles. The summed E-state index contributed by atoms with van der Waals surface area (Å²) in [5, 5.41) is 3.94. The fourth-order valence-electron chi connectivity index (χ4n) is 3.56. The molecular formula is C28H23Cl2IN2O3S. The van der Waals surface area contributed by atoms with Crippen molar-refractivity contribution in [3.63, 3.8) is 0 Å². The zero-order chi connectivity index (χ0) is 26.4. The van der Waals surface area contributed by atoms with Gasteiger partial charge < -0.3 is 14.8 Å². The van der Waals surface area contributed by atoms with Gasteiger partial charge in [0.15, 0.2) is 16.7 Å². The number of nitrogens with zero attached hydrogens (tertiary/aromatic N) is 1. The maximum absolute atomic E-state index is 12.7. The fourth-order valence-corrected chi connectivity index (χ4v) is 5.09. The molecule has 1 fully saturated rings. The van der Waals surface area contributed by atoms with Gasteiger partial charge in [0.05, 0.1) is 27.2 Å². The topological polar surface area (TPSA) is 59.9 Å². The Hall–Kier alpha value is -2.46. The number of carbonyl (C=O) groups is 1. The third-order valence-electron chi connectivity index (χ3n) is 5.22. The molecule has 1 aliphatic rings. The quantitative estimate of drug-likeness (QED) is 0.142. The average molecular weight is 665 g/mol. The van der Waals surface area contributed by atoms with Crippen molar-refractivity contribution in [2.45, 2.75) is 20.0 Å². The van der Waals surface area contributed by atoms with Crippen LogP contribution in [0.25, 0.3) is 6.08 Å². The van der Waals surface area contributed by atoms with Crippen LogP contribution in [0.3, 0.4) is 0 Å². The molecule has 4 rings (SSSR count). The molecule has 190 valence electrons. The molecule has 3 aromatic rings. The van der Waals surface area contributed by atoms with Gasteiger partial charge in [0.2, 0.25) is 0 Å². The van der Waals surface area contributed by atoms with Crippen LogP contribution in [-0.2, 0) is 17.8 Å². The molecule has 0 atom stereocenters. The minimum Gasteiger partial charge on any atom is -0.490 e. The second-order valence-corrected chi connectivity index (χ2v) is 11.0. The van der Waals surface area contributed by atoms with Crippen molar-refractivity contribution >= 4 is 80.4 Å². The fraction of sp³-hybridized carbons (Fsp3) is 0.143. The third-order valence-corrected chi connectivity index (χ3v) is 7.65. The van der Waals surface area contributed by atoms with Crippen molar-refractivity contribution in [2.75, 3.05) is 6.61 Å². The van der Waals surface area contributed by atoms with Gasteiger partial charge in [-0.2, -0.15) is 0 Å². The monoisotopic (exact) mass is 664 g/mol. The van der Waals surface area contributed by atoms with Gasteiger partial charge in [0, 0.05) is 9.13 Å². The highest BCUT2D eigenvalue weighted by atomic mass is 127. The molecule has 1 aliphatic heterocycles. The minimum absolute atomic E-state index is 0.246. The van der Waals surface area contributed by atoms with E-state index >= 15 is 0 Å². The predicted molar refractivity (Wildman–Crippen MR) is 162 cm³/mol. The molecule has 1 N–H and O–H groups in total. The molecule has 1 amide bonds. The Morgan fingerprint density at radius 2 is 1.92 bits per heavy atom. The van der Waals surface area contributed by atoms with Crippen molar-refractivity contribution in [1.29, 1.82) is 0 Å². The van der Waals surface area contributed by atoms with Gasteiger partial charge >= 0.3 is 0 Å². The summed E-state index contributed by atoms with van der Waals surface area (Å²) in [6.07, 6.45) is 4.20. The number of hydrogen-bond acceptors (Lipinski definition) is 5. The third kappa shape index (κ3) is 7.10. The Bertz CT molecular complexity index is 1390. The number of amides is 1. The highest BCUT2D eigenvalue weighted by Gasteiger charge is 2.25. The first kappa shape index (κ1) is 27.6. The molecule has 5 nitrogen and oxygen atoms in total. The van der Waals surface area contributed by atoms with Gasteiger partial charge in [-0.3, -0.25) is 4.79 Å². The number of ether oxygens (including phenoxy) is 2. The lowest BCUT2D eigenvalue weighted by Crippen LogP contribution is -2.19. The summed E-state index contributed by atoms with van der Waals surface area (Å²) in [7, 11) is 0. The van der Waals surface area contributed by atoms with E-state index in [9.17, 15) is 4.79 Å². The van der Waals surface area contributed by atoms with Crippen molar-refractivity contribution in [3.8, 4) is 11.5 Å². The second-order valence-electron chi connectivity index (χ2n) is 7.90. The average Bonchev–Trinajstić information content (AvgIpc) is 3.21. The van der Waals surface area contributed by atoms with E-state index < -0.39 is 0 Å². The largest absolute Gasteiger partial charge is 0.490 e. The number of hydrogen-bond donors (Lipinski definition) is 1. The van der Waals surface area contributed by atoms with Gasteiger partial charge in [-0.05, 0) is 101 Å². The molecule has 0 bridgehead atoms. The van der Waals surface area contributed by atoms with Crippen LogP contribution in [0.5, 0.6) is 11.5 Å². The van der Waals surface area contributed by atoms with E-state index in [1.807, 2.05) is 49.4 Å². The maximum atomic E-state index is 12.7. The Kier molecular flexibility index (Phi) is 9.59. The lowest BCUT2D eigenvalue weighted by molar-refractivity contribution is -0.115.